The second-order valence-corrected chi connectivity index (χ2v) is 3.95. The summed E-state index contributed by atoms with van der Waals surface area (Å²) in [6.07, 6.45) is 3.91. The van der Waals surface area contributed by atoms with Crippen molar-refractivity contribution in [1.82, 2.24) is 0 Å². The maximum atomic E-state index is 12.9. The Bertz CT molecular complexity index is 301. The Balaban J connectivity index is 1.94. The van der Waals surface area contributed by atoms with Crippen molar-refractivity contribution in [2.75, 3.05) is 17.6 Å². The van der Waals surface area contributed by atoms with E-state index in [9.17, 15) is 4.39 Å². The highest BCUT2D eigenvalue weighted by atomic mass is 19.1. The molecule has 0 aromatic heterocycles. The van der Waals surface area contributed by atoms with Gasteiger partial charge in [0.2, 0.25) is 0 Å². The molecule has 0 atom stereocenters. The number of nitrogen functional groups attached to an aromatic ring is 1. The molecule has 76 valence electrons. The van der Waals surface area contributed by atoms with Gasteiger partial charge in [-0.3, -0.25) is 0 Å². The number of halogens is 1. The smallest absolute Gasteiger partial charge is 0.127 e. The van der Waals surface area contributed by atoms with Gasteiger partial charge >= 0.3 is 0 Å². The Hall–Kier alpha value is -1.25. The Kier molecular flexibility index (Phi) is 2.57. The molecule has 0 aliphatic heterocycles. The van der Waals surface area contributed by atoms with Crippen molar-refractivity contribution >= 4 is 11.4 Å². The average molecular weight is 194 g/mol. The van der Waals surface area contributed by atoms with Crippen LogP contribution in [-0.2, 0) is 0 Å². The fourth-order valence-electron chi connectivity index (χ4n) is 1.67. The normalized spacial score (nSPS) is 16.4. The van der Waals surface area contributed by atoms with E-state index in [2.05, 4.69) is 5.32 Å². The molecule has 0 radical (unpaired) electrons. The molecule has 2 nitrogen and oxygen atoms in total. The van der Waals surface area contributed by atoms with Crippen LogP contribution in [0, 0.1) is 11.7 Å². The van der Waals surface area contributed by atoms with Crippen LogP contribution in [0.15, 0.2) is 18.2 Å². The molecular formula is C11H15FN2. The molecule has 0 amide bonds. The number of anilines is 2. The fraction of sp³-hybridized carbons (Fsp3) is 0.455. The largest absolute Gasteiger partial charge is 0.399 e. The lowest BCUT2D eigenvalue weighted by atomic mass is 9.85. The van der Waals surface area contributed by atoms with E-state index in [1.54, 1.807) is 6.07 Å². The molecule has 0 spiro atoms. The molecule has 0 saturated heterocycles. The summed E-state index contributed by atoms with van der Waals surface area (Å²) in [5, 5.41) is 3.21. The second-order valence-electron chi connectivity index (χ2n) is 3.95. The highest BCUT2D eigenvalue weighted by Gasteiger charge is 2.16. The van der Waals surface area contributed by atoms with Crippen molar-refractivity contribution in [2.24, 2.45) is 5.92 Å². The van der Waals surface area contributed by atoms with E-state index in [4.69, 9.17) is 5.73 Å². The number of benzene rings is 1. The van der Waals surface area contributed by atoms with Crippen molar-refractivity contribution in [2.45, 2.75) is 19.3 Å². The van der Waals surface area contributed by atoms with Gasteiger partial charge in [-0.2, -0.15) is 0 Å². The number of nitrogens with two attached hydrogens (primary N) is 1. The van der Waals surface area contributed by atoms with Crippen LogP contribution in [-0.4, -0.2) is 6.54 Å². The summed E-state index contributed by atoms with van der Waals surface area (Å²) < 4.78 is 12.9. The van der Waals surface area contributed by atoms with Crippen LogP contribution in [0.5, 0.6) is 0 Å². The third-order valence-corrected chi connectivity index (χ3v) is 2.74. The van der Waals surface area contributed by atoms with Crippen LogP contribution in [0.2, 0.25) is 0 Å². The molecule has 1 fully saturated rings. The zero-order chi connectivity index (χ0) is 9.97. The lowest BCUT2D eigenvalue weighted by molar-refractivity contribution is 0.333. The van der Waals surface area contributed by atoms with Crippen molar-refractivity contribution in [3.8, 4) is 0 Å². The SMILES string of the molecule is Nc1cc(F)cc(NCC2CCC2)c1. The lowest BCUT2D eigenvalue weighted by Gasteiger charge is -2.25. The van der Waals surface area contributed by atoms with Crippen LogP contribution in [0.1, 0.15) is 19.3 Å². The third-order valence-electron chi connectivity index (χ3n) is 2.74. The fourth-order valence-corrected chi connectivity index (χ4v) is 1.67. The summed E-state index contributed by atoms with van der Waals surface area (Å²) in [7, 11) is 0. The van der Waals surface area contributed by atoms with Gasteiger partial charge in [-0.1, -0.05) is 6.42 Å². The van der Waals surface area contributed by atoms with Gasteiger partial charge in [0, 0.05) is 17.9 Å². The van der Waals surface area contributed by atoms with Crippen LogP contribution in [0.4, 0.5) is 15.8 Å². The predicted molar refractivity (Wildman–Crippen MR) is 56.6 cm³/mol. The first-order valence-corrected chi connectivity index (χ1v) is 5.04. The van der Waals surface area contributed by atoms with Crippen LogP contribution in [0.25, 0.3) is 0 Å². The molecule has 3 heteroatoms. The summed E-state index contributed by atoms with van der Waals surface area (Å²) in [6, 6.07) is 4.57. The van der Waals surface area contributed by atoms with Gasteiger partial charge in [0.25, 0.3) is 0 Å². The van der Waals surface area contributed by atoms with Crippen molar-refractivity contribution < 1.29 is 4.39 Å². The second kappa shape index (κ2) is 3.86. The highest BCUT2D eigenvalue weighted by Crippen LogP contribution is 2.26. The van der Waals surface area contributed by atoms with Crippen LogP contribution >= 0.6 is 0 Å². The quantitative estimate of drug-likeness (QED) is 0.726. The van der Waals surface area contributed by atoms with E-state index < -0.39 is 0 Å². The third kappa shape index (κ3) is 2.16. The van der Waals surface area contributed by atoms with Crippen LogP contribution < -0.4 is 11.1 Å². The number of rotatable bonds is 3. The molecule has 14 heavy (non-hydrogen) atoms. The maximum absolute atomic E-state index is 12.9. The van der Waals surface area contributed by atoms with Gasteiger partial charge in [-0.05, 0) is 37.0 Å². The monoisotopic (exact) mass is 194 g/mol. The minimum absolute atomic E-state index is 0.277. The number of hydrogen-bond donors (Lipinski definition) is 2. The molecule has 0 bridgehead atoms. The molecule has 1 aromatic rings. The standard InChI is InChI=1S/C11H15FN2/c12-9-4-10(13)6-11(5-9)14-7-8-2-1-3-8/h4-6,8,14H,1-3,7,13H2. The van der Waals surface area contributed by atoms with Gasteiger partial charge in [-0.25, -0.2) is 4.39 Å². The summed E-state index contributed by atoms with van der Waals surface area (Å²) in [4.78, 5) is 0. The first kappa shape index (κ1) is 9.31. The maximum Gasteiger partial charge on any atom is 0.127 e. The van der Waals surface area contributed by atoms with Crippen molar-refractivity contribution in [3.63, 3.8) is 0 Å². The van der Waals surface area contributed by atoms with Gasteiger partial charge in [0.15, 0.2) is 0 Å². The zero-order valence-electron chi connectivity index (χ0n) is 8.09. The molecule has 0 heterocycles. The van der Waals surface area contributed by atoms with E-state index in [1.165, 1.54) is 31.4 Å². The van der Waals surface area contributed by atoms with Crippen molar-refractivity contribution in [3.05, 3.63) is 24.0 Å². The Morgan fingerprint density at radius 3 is 2.71 bits per heavy atom. The first-order valence-electron chi connectivity index (χ1n) is 5.04. The van der Waals surface area contributed by atoms with E-state index in [-0.39, 0.29) is 5.82 Å². The molecule has 3 N–H and O–H groups in total. The van der Waals surface area contributed by atoms with Crippen LogP contribution in [0.3, 0.4) is 0 Å². The summed E-state index contributed by atoms with van der Waals surface area (Å²) in [5.74, 6) is 0.487. The van der Waals surface area contributed by atoms with Crippen molar-refractivity contribution in [1.29, 1.82) is 0 Å². The minimum atomic E-state index is -0.277. The molecule has 1 aliphatic rings. The van der Waals surface area contributed by atoms with E-state index in [0.29, 0.717) is 5.69 Å². The first-order chi connectivity index (χ1) is 6.74. The Morgan fingerprint density at radius 1 is 1.36 bits per heavy atom. The van der Waals surface area contributed by atoms with E-state index in [1.807, 2.05) is 0 Å². The highest BCUT2D eigenvalue weighted by molar-refractivity contribution is 5.54. The van der Waals surface area contributed by atoms with E-state index >= 15 is 0 Å². The van der Waals surface area contributed by atoms with Gasteiger partial charge in [-0.15, -0.1) is 0 Å². The zero-order valence-corrected chi connectivity index (χ0v) is 8.09. The Morgan fingerprint density at radius 2 is 2.14 bits per heavy atom. The molecule has 1 aliphatic carbocycles. The molecule has 1 saturated carbocycles. The average Bonchev–Trinajstić information content (AvgIpc) is 1.99. The molecule has 0 unspecified atom stereocenters. The predicted octanol–water partition coefficient (Wildman–Crippen LogP) is 2.62. The Labute approximate surface area is 83.3 Å². The molecule has 1 aromatic carbocycles. The number of nitrogens with one attached hydrogen (secondary N) is 1. The molecular weight excluding hydrogens is 179 g/mol. The van der Waals surface area contributed by atoms with E-state index in [0.717, 1.165) is 18.2 Å². The summed E-state index contributed by atoms with van der Waals surface area (Å²) in [6.45, 7) is 0.933. The minimum Gasteiger partial charge on any atom is -0.399 e. The lowest BCUT2D eigenvalue weighted by Crippen LogP contribution is -2.20. The topological polar surface area (TPSA) is 38.0 Å². The van der Waals surface area contributed by atoms with Gasteiger partial charge in [0.05, 0.1) is 0 Å². The van der Waals surface area contributed by atoms with Gasteiger partial charge < -0.3 is 11.1 Å². The summed E-state index contributed by atoms with van der Waals surface area (Å²) >= 11 is 0. The number of hydrogen-bond acceptors (Lipinski definition) is 2. The molecule has 2 rings (SSSR count). The van der Waals surface area contributed by atoms with Gasteiger partial charge in [0.1, 0.15) is 5.82 Å². The summed E-state index contributed by atoms with van der Waals surface area (Å²) in [5.41, 5.74) is 6.79.